The van der Waals surface area contributed by atoms with Crippen molar-refractivity contribution in [1.29, 1.82) is 0 Å². The van der Waals surface area contributed by atoms with Crippen molar-refractivity contribution in [2.75, 3.05) is 19.6 Å². The van der Waals surface area contributed by atoms with Gasteiger partial charge < -0.3 is 5.32 Å². The summed E-state index contributed by atoms with van der Waals surface area (Å²) >= 11 is 5.87. The van der Waals surface area contributed by atoms with E-state index in [1.807, 2.05) is 0 Å². The lowest BCUT2D eigenvalue weighted by atomic mass is 9.85. The Morgan fingerprint density at radius 2 is 2.05 bits per heavy atom. The highest BCUT2D eigenvalue weighted by Gasteiger charge is 2.38. The fraction of sp³-hybridized carbons (Fsp3) is 0.875. The SMILES string of the molecule is CCC1(CC)CNC(CC(C)C)CN1CC(C)=CCl. The van der Waals surface area contributed by atoms with Gasteiger partial charge in [-0.05, 0) is 37.7 Å². The number of hydrogen-bond acceptors (Lipinski definition) is 2. The van der Waals surface area contributed by atoms with Gasteiger partial charge in [0.15, 0.2) is 0 Å². The molecule has 0 aromatic heterocycles. The van der Waals surface area contributed by atoms with Crippen molar-refractivity contribution < 1.29 is 0 Å². The summed E-state index contributed by atoms with van der Waals surface area (Å²) in [7, 11) is 0. The van der Waals surface area contributed by atoms with Crippen LogP contribution in [-0.4, -0.2) is 36.1 Å². The molecular formula is C16H31ClN2. The molecule has 1 N–H and O–H groups in total. The van der Waals surface area contributed by atoms with Crippen molar-refractivity contribution >= 4 is 11.6 Å². The van der Waals surface area contributed by atoms with Crippen LogP contribution in [0.15, 0.2) is 11.1 Å². The highest BCUT2D eigenvalue weighted by Crippen LogP contribution is 2.29. The second-order valence-electron chi connectivity index (χ2n) is 6.47. The molecule has 0 aromatic carbocycles. The van der Waals surface area contributed by atoms with Gasteiger partial charge in [-0.25, -0.2) is 0 Å². The lowest BCUT2D eigenvalue weighted by Crippen LogP contribution is -2.64. The number of rotatable bonds is 6. The first kappa shape index (κ1) is 17.0. The van der Waals surface area contributed by atoms with Gasteiger partial charge in [0.25, 0.3) is 0 Å². The van der Waals surface area contributed by atoms with E-state index < -0.39 is 0 Å². The Kier molecular flexibility index (Phi) is 6.85. The van der Waals surface area contributed by atoms with Gasteiger partial charge in [-0.1, -0.05) is 39.3 Å². The predicted molar refractivity (Wildman–Crippen MR) is 85.7 cm³/mol. The quantitative estimate of drug-likeness (QED) is 0.794. The van der Waals surface area contributed by atoms with E-state index >= 15 is 0 Å². The van der Waals surface area contributed by atoms with Crippen LogP contribution >= 0.6 is 11.6 Å². The van der Waals surface area contributed by atoms with Gasteiger partial charge in [-0.2, -0.15) is 0 Å². The molecule has 1 fully saturated rings. The first-order valence-electron chi connectivity index (χ1n) is 7.71. The molecule has 0 aromatic rings. The second-order valence-corrected chi connectivity index (χ2v) is 6.69. The Morgan fingerprint density at radius 1 is 1.42 bits per heavy atom. The molecule has 3 heteroatoms. The van der Waals surface area contributed by atoms with Crippen LogP contribution in [0.2, 0.25) is 0 Å². The molecule has 2 nitrogen and oxygen atoms in total. The van der Waals surface area contributed by atoms with Crippen molar-refractivity contribution in [3.63, 3.8) is 0 Å². The average molecular weight is 287 g/mol. The largest absolute Gasteiger partial charge is 0.311 e. The molecule has 1 atom stereocenters. The maximum atomic E-state index is 5.87. The van der Waals surface area contributed by atoms with E-state index in [9.17, 15) is 0 Å². The minimum atomic E-state index is 0.300. The normalized spacial score (nSPS) is 25.0. The van der Waals surface area contributed by atoms with Crippen LogP contribution in [0.25, 0.3) is 0 Å². The zero-order valence-electron chi connectivity index (χ0n) is 13.3. The molecule has 1 aliphatic heterocycles. The monoisotopic (exact) mass is 286 g/mol. The van der Waals surface area contributed by atoms with Crippen LogP contribution < -0.4 is 5.32 Å². The smallest absolute Gasteiger partial charge is 0.0332 e. The fourth-order valence-corrected chi connectivity index (χ4v) is 3.28. The third-order valence-electron chi connectivity index (χ3n) is 4.53. The second kappa shape index (κ2) is 7.66. The van der Waals surface area contributed by atoms with Crippen molar-refractivity contribution in [3.05, 3.63) is 11.1 Å². The minimum absolute atomic E-state index is 0.300. The third kappa shape index (κ3) is 4.47. The summed E-state index contributed by atoms with van der Waals surface area (Å²) in [4.78, 5) is 2.66. The highest BCUT2D eigenvalue weighted by molar-refractivity contribution is 6.25. The molecule has 0 aliphatic carbocycles. The summed E-state index contributed by atoms with van der Waals surface area (Å²) in [6.45, 7) is 14.6. The third-order valence-corrected chi connectivity index (χ3v) is 4.90. The van der Waals surface area contributed by atoms with Crippen LogP contribution in [0, 0.1) is 5.92 Å². The van der Waals surface area contributed by atoms with Crippen LogP contribution in [0.1, 0.15) is 53.9 Å². The van der Waals surface area contributed by atoms with Crippen molar-refractivity contribution in [1.82, 2.24) is 10.2 Å². The maximum absolute atomic E-state index is 5.87. The summed E-state index contributed by atoms with van der Waals surface area (Å²) in [6, 6.07) is 0.620. The average Bonchev–Trinajstić information content (AvgIpc) is 2.39. The lowest BCUT2D eigenvalue weighted by Gasteiger charge is -2.50. The molecule has 1 aliphatic rings. The van der Waals surface area contributed by atoms with E-state index in [0.29, 0.717) is 11.6 Å². The van der Waals surface area contributed by atoms with E-state index in [1.54, 1.807) is 5.54 Å². The van der Waals surface area contributed by atoms with Crippen molar-refractivity contribution in [3.8, 4) is 0 Å². The Bertz CT molecular complexity index is 295. The molecule has 1 unspecified atom stereocenters. The van der Waals surface area contributed by atoms with Gasteiger partial charge >= 0.3 is 0 Å². The molecule has 0 radical (unpaired) electrons. The van der Waals surface area contributed by atoms with Crippen LogP contribution in [-0.2, 0) is 0 Å². The Balaban J connectivity index is 2.79. The summed E-state index contributed by atoms with van der Waals surface area (Å²) in [6.07, 6.45) is 3.64. The maximum Gasteiger partial charge on any atom is 0.0332 e. The zero-order chi connectivity index (χ0) is 14.5. The van der Waals surface area contributed by atoms with Gasteiger partial charge in [-0.3, -0.25) is 4.90 Å². The Labute approximate surface area is 124 Å². The van der Waals surface area contributed by atoms with Gasteiger partial charge in [0.05, 0.1) is 0 Å². The van der Waals surface area contributed by atoms with Crippen molar-refractivity contribution in [2.24, 2.45) is 5.92 Å². The summed E-state index contributed by atoms with van der Waals surface area (Å²) in [5, 5.41) is 3.77. The van der Waals surface area contributed by atoms with Crippen LogP contribution in [0.4, 0.5) is 0 Å². The molecule has 0 spiro atoms. The molecule has 1 saturated heterocycles. The van der Waals surface area contributed by atoms with E-state index in [4.69, 9.17) is 11.6 Å². The Hall–Kier alpha value is -0.0500. The van der Waals surface area contributed by atoms with Gasteiger partial charge in [0.1, 0.15) is 0 Å². The predicted octanol–water partition coefficient (Wildman–Crippen LogP) is 4.01. The summed E-state index contributed by atoms with van der Waals surface area (Å²) in [5.74, 6) is 0.750. The first-order valence-corrected chi connectivity index (χ1v) is 8.15. The number of nitrogens with one attached hydrogen (secondary N) is 1. The summed E-state index contributed by atoms with van der Waals surface area (Å²) < 4.78 is 0. The molecule has 0 bridgehead atoms. The number of hydrogen-bond donors (Lipinski definition) is 1. The highest BCUT2D eigenvalue weighted by atomic mass is 35.5. The fourth-order valence-electron chi connectivity index (χ4n) is 3.21. The van der Waals surface area contributed by atoms with Gasteiger partial charge in [0, 0.05) is 36.8 Å². The van der Waals surface area contributed by atoms with Gasteiger partial charge in [0.2, 0.25) is 0 Å². The zero-order valence-corrected chi connectivity index (χ0v) is 14.1. The van der Waals surface area contributed by atoms with E-state index in [1.165, 1.54) is 24.8 Å². The van der Waals surface area contributed by atoms with Crippen molar-refractivity contribution in [2.45, 2.75) is 65.5 Å². The molecule has 1 rings (SSSR count). The molecular weight excluding hydrogens is 256 g/mol. The standard InChI is InChI=1S/C16H31ClN2/c1-6-16(7-2)12-18-15(8-13(3)4)11-19(16)10-14(5)9-17/h9,13,15,18H,6-8,10-12H2,1-5H3. The molecule has 112 valence electrons. The first-order chi connectivity index (χ1) is 8.97. The van der Waals surface area contributed by atoms with E-state index in [-0.39, 0.29) is 0 Å². The number of halogens is 1. The van der Waals surface area contributed by atoms with E-state index in [2.05, 4.69) is 44.8 Å². The van der Waals surface area contributed by atoms with Crippen LogP contribution in [0.3, 0.4) is 0 Å². The molecule has 1 heterocycles. The minimum Gasteiger partial charge on any atom is -0.311 e. The lowest BCUT2D eigenvalue weighted by molar-refractivity contribution is 0.0358. The molecule has 0 saturated carbocycles. The molecule has 0 amide bonds. The van der Waals surface area contributed by atoms with E-state index in [0.717, 1.165) is 25.6 Å². The number of nitrogens with zero attached hydrogens (tertiary/aromatic N) is 1. The van der Waals surface area contributed by atoms with Gasteiger partial charge in [-0.15, -0.1) is 0 Å². The topological polar surface area (TPSA) is 15.3 Å². The Morgan fingerprint density at radius 3 is 2.53 bits per heavy atom. The molecule has 19 heavy (non-hydrogen) atoms. The summed E-state index contributed by atoms with van der Waals surface area (Å²) in [5.41, 5.74) is 3.29. The van der Waals surface area contributed by atoms with Crippen LogP contribution in [0.5, 0.6) is 0 Å². The number of piperazine rings is 1.